The third-order valence-corrected chi connectivity index (χ3v) is 7.65. The number of nitrogens with one attached hydrogen (secondary N) is 2. The Morgan fingerprint density at radius 3 is 2.15 bits per heavy atom. The van der Waals surface area contributed by atoms with E-state index in [0.717, 1.165) is 55.4 Å². The molecule has 12 nitrogen and oxygen atoms in total. The number of piperidine rings is 2. The van der Waals surface area contributed by atoms with Gasteiger partial charge in [0, 0.05) is 60.7 Å². The molecule has 0 bridgehead atoms. The van der Waals surface area contributed by atoms with E-state index in [2.05, 4.69) is 38.1 Å². The van der Waals surface area contributed by atoms with E-state index >= 15 is 0 Å². The van der Waals surface area contributed by atoms with Crippen LogP contribution in [0.3, 0.4) is 0 Å². The molecule has 3 rings (SSSR count). The first-order valence-corrected chi connectivity index (χ1v) is 13.8. The predicted molar refractivity (Wildman–Crippen MR) is 155 cm³/mol. The number of likely N-dealkylation sites (tertiary alicyclic amines) is 1. The highest BCUT2D eigenvalue weighted by Crippen LogP contribution is 2.28. The van der Waals surface area contributed by atoms with Crippen LogP contribution in [0.1, 0.15) is 36.0 Å². The molecule has 0 aromatic heterocycles. The Morgan fingerprint density at radius 1 is 1.10 bits per heavy atom. The zero-order valence-corrected chi connectivity index (χ0v) is 24.6. The highest BCUT2D eigenvalue weighted by atomic mass is 127. The number of hydrogen-bond donors (Lipinski definition) is 5. The number of aliphatic carboxylic acids is 2. The van der Waals surface area contributed by atoms with Gasteiger partial charge in [-0.2, -0.15) is 0 Å². The topological polar surface area (TPSA) is 175 Å². The number of nitrogens with zero attached hydrogens (tertiary/aromatic N) is 2. The van der Waals surface area contributed by atoms with Crippen molar-refractivity contribution < 1.29 is 34.1 Å². The quantitative estimate of drug-likeness (QED) is 0.155. The molecule has 1 aromatic rings. The molecule has 216 valence electrons. The first-order valence-electron chi connectivity index (χ1n) is 12.7. The van der Waals surface area contributed by atoms with Gasteiger partial charge in [-0.3, -0.25) is 14.5 Å². The van der Waals surface area contributed by atoms with E-state index in [4.69, 9.17) is 20.7 Å². The standard InChI is InChI=1S/C22H34IN5O3.C4H4O4/c1-27(2)22(30)20(14-4-8-25-9-5-14)28-10-6-15(7-11-28)26-21(29)16-12-17(23)18(24)13-19(16)31-3;5-3(6)1-2-4(7)8/h12-15,20,25H,4-11,24H2,1-3H3,(H,26,29);1-2H,(H,5,6)(H,7,8). The SMILES string of the molecule is COc1cc(N)c(I)cc1C(=O)NC1CCN(C(C(=O)N(C)C)C2CCNCC2)CC1.O=C(O)C=CC(=O)O. The van der Waals surface area contributed by atoms with Crippen LogP contribution < -0.4 is 21.1 Å². The summed E-state index contributed by atoms with van der Waals surface area (Å²) in [7, 11) is 5.22. The summed E-state index contributed by atoms with van der Waals surface area (Å²) in [5.41, 5.74) is 7.03. The minimum absolute atomic E-state index is 0.0757. The molecule has 39 heavy (non-hydrogen) atoms. The first-order chi connectivity index (χ1) is 18.4. The summed E-state index contributed by atoms with van der Waals surface area (Å²) in [6.07, 6.45) is 4.81. The van der Waals surface area contributed by atoms with Crippen LogP contribution in [0.4, 0.5) is 5.69 Å². The number of benzene rings is 1. The van der Waals surface area contributed by atoms with Gasteiger partial charge in [-0.1, -0.05) is 0 Å². The number of amides is 2. The summed E-state index contributed by atoms with van der Waals surface area (Å²) in [5.74, 6) is -1.61. The fourth-order valence-electron chi connectivity index (χ4n) is 4.72. The van der Waals surface area contributed by atoms with Gasteiger partial charge in [0.05, 0.1) is 18.7 Å². The van der Waals surface area contributed by atoms with Gasteiger partial charge in [0.25, 0.3) is 5.91 Å². The molecule has 1 aromatic carbocycles. The summed E-state index contributed by atoms with van der Waals surface area (Å²) < 4.78 is 6.18. The smallest absolute Gasteiger partial charge is 0.328 e. The minimum Gasteiger partial charge on any atom is -0.496 e. The number of nitrogens with two attached hydrogens (primary N) is 1. The number of methoxy groups -OCH3 is 1. The third-order valence-electron chi connectivity index (χ3n) is 6.71. The number of carboxylic acid groups (broad SMARTS) is 2. The van der Waals surface area contributed by atoms with Crippen LogP contribution in [0.5, 0.6) is 5.75 Å². The molecule has 13 heteroatoms. The Morgan fingerprint density at radius 2 is 1.67 bits per heavy atom. The van der Waals surface area contributed by atoms with Gasteiger partial charge in [0.1, 0.15) is 5.75 Å². The molecule has 0 spiro atoms. The van der Waals surface area contributed by atoms with E-state index in [1.807, 2.05) is 14.1 Å². The lowest BCUT2D eigenvalue weighted by atomic mass is 9.87. The fourth-order valence-corrected chi connectivity index (χ4v) is 5.19. The van der Waals surface area contributed by atoms with E-state index in [0.29, 0.717) is 35.1 Å². The van der Waals surface area contributed by atoms with Gasteiger partial charge in [-0.15, -0.1) is 0 Å². The number of carbonyl (C=O) groups excluding carboxylic acids is 2. The maximum Gasteiger partial charge on any atom is 0.328 e. The highest BCUT2D eigenvalue weighted by Gasteiger charge is 2.37. The van der Waals surface area contributed by atoms with Crippen molar-refractivity contribution in [1.82, 2.24) is 20.4 Å². The number of ether oxygens (including phenoxy) is 1. The van der Waals surface area contributed by atoms with Gasteiger partial charge < -0.3 is 36.2 Å². The third kappa shape index (κ3) is 9.97. The molecule has 2 fully saturated rings. The van der Waals surface area contributed by atoms with Crippen LogP contribution in [0.2, 0.25) is 0 Å². The minimum atomic E-state index is -1.26. The number of rotatable bonds is 8. The van der Waals surface area contributed by atoms with Crippen LogP contribution >= 0.6 is 22.6 Å². The summed E-state index contributed by atoms with van der Waals surface area (Å²) in [6.45, 7) is 3.54. The molecule has 0 radical (unpaired) electrons. The molecule has 1 unspecified atom stereocenters. The first kappa shape index (κ1) is 32.3. The van der Waals surface area contributed by atoms with Crippen molar-refractivity contribution in [2.24, 2.45) is 5.92 Å². The Balaban J connectivity index is 0.000000580. The van der Waals surface area contributed by atoms with E-state index in [1.54, 1.807) is 24.1 Å². The van der Waals surface area contributed by atoms with Crippen LogP contribution in [-0.2, 0) is 14.4 Å². The second-order valence-corrected chi connectivity index (χ2v) is 10.8. The number of halogens is 1. The summed E-state index contributed by atoms with van der Waals surface area (Å²) in [6, 6.07) is 3.46. The van der Waals surface area contributed by atoms with Crippen LogP contribution in [0.25, 0.3) is 0 Å². The lowest BCUT2D eigenvalue weighted by Gasteiger charge is -2.42. The number of likely N-dealkylation sites (N-methyl/N-ethyl adjacent to an activating group) is 1. The second kappa shape index (κ2) is 15.6. The lowest BCUT2D eigenvalue weighted by Crippen LogP contribution is -2.56. The average Bonchev–Trinajstić information content (AvgIpc) is 2.90. The summed E-state index contributed by atoms with van der Waals surface area (Å²) >= 11 is 2.12. The van der Waals surface area contributed by atoms with Gasteiger partial charge >= 0.3 is 11.9 Å². The van der Waals surface area contributed by atoms with E-state index < -0.39 is 11.9 Å². The van der Waals surface area contributed by atoms with Crippen molar-refractivity contribution in [3.8, 4) is 5.75 Å². The summed E-state index contributed by atoms with van der Waals surface area (Å²) in [5, 5.41) is 22.2. The van der Waals surface area contributed by atoms with Crippen LogP contribution in [0, 0.1) is 9.49 Å². The average molecular weight is 660 g/mol. The summed E-state index contributed by atoms with van der Waals surface area (Å²) in [4.78, 5) is 49.0. The van der Waals surface area contributed by atoms with Crippen molar-refractivity contribution >= 4 is 52.0 Å². The van der Waals surface area contributed by atoms with E-state index in [1.165, 1.54) is 0 Å². The van der Waals surface area contributed by atoms with Crippen LogP contribution in [0.15, 0.2) is 24.3 Å². The lowest BCUT2D eigenvalue weighted by molar-refractivity contribution is -0.137. The maximum atomic E-state index is 13.0. The van der Waals surface area contributed by atoms with Crippen molar-refractivity contribution in [1.29, 1.82) is 0 Å². The van der Waals surface area contributed by atoms with Crippen molar-refractivity contribution in [2.45, 2.75) is 37.8 Å². The predicted octanol–water partition coefficient (Wildman–Crippen LogP) is 1.24. The number of carboxylic acids is 2. The maximum absolute atomic E-state index is 13.0. The number of anilines is 1. The van der Waals surface area contributed by atoms with Crippen molar-refractivity contribution in [2.75, 3.05) is 53.1 Å². The van der Waals surface area contributed by atoms with Gasteiger partial charge in [-0.05, 0) is 73.3 Å². The molecule has 2 heterocycles. The molecule has 0 saturated carbocycles. The molecule has 2 amide bonds. The molecular formula is C26H38IN5O7. The van der Waals surface area contributed by atoms with Crippen molar-refractivity contribution in [3.63, 3.8) is 0 Å². The van der Waals surface area contributed by atoms with Gasteiger partial charge in [-0.25, -0.2) is 9.59 Å². The Kier molecular flexibility index (Phi) is 12.9. The Bertz CT molecular complexity index is 1040. The Hall–Kier alpha value is -2.91. The molecule has 2 saturated heterocycles. The monoisotopic (exact) mass is 659 g/mol. The van der Waals surface area contributed by atoms with Crippen LogP contribution in [-0.4, -0.2) is 103 Å². The van der Waals surface area contributed by atoms with E-state index in [-0.39, 0.29) is 23.9 Å². The second-order valence-electron chi connectivity index (χ2n) is 9.63. The van der Waals surface area contributed by atoms with Gasteiger partial charge in [0.2, 0.25) is 5.91 Å². The normalized spacial score (nSPS) is 17.5. The largest absolute Gasteiger partial charge is 0.496 e. The van der Waals surface area contributed by atoms with E-state index in [9.17, 15) is 19.2 Å². The number of nitrogen functional groups attached to an aromatic ring is 1. The zero-order chi connectivity index (χ0) is 29.1. The number of hydrogen-bond acceptors (Lipinski definition) is 8. The highest BCUT2D eigenvalue weighted by molar-refractivity contribution is 14.1. The fraction of sp³-hybridized carbons (Fsp3) is 0.538. The zero-order valence-electron chi connectivity index (χ0n) is 22.5. The Labute approximate surface area is 242 Å². The molecule has 6 N–H and O–H groups in total. The molecule has 2 aliphatic rings. The van der Waals surface area contributed by atoms with Gasteiger partial charge in [0.15, 0.2) is 0 Å². The van der Waals surface area contributed by atoms with Crippen molar-refractivity contribution in [3.05, 3.63) is 33.4 Å². The molecular weight excluding hydrogens is 621 g/mol. The molecule has 0 aliphatic carbocycles. The number of carbonyl (C=O) groups is 4. The molecule has 1 atom stereocenters. The molecule has 2 aliphatic heterocycles.